The normalized spacial score (nSPS) is 12.7. The van der Waals surface area contributed by atoms with Gasteiger partial charge in [-0.15, -0.1) is 8.78 Å². The molecule has 8 nitrogen and oxygen atoms in total. The number of carbonyl (C=O) groups is 1. The highest BCUT2D eigenvalue weighted by Crippen LogP contribution is 2.32. The number of aromatic nitrogens is 4. The van der Waals surface area contributed by atoms with E-state index < -0.39 is 17.6 Å². The molecule has 1 atom stereocenters. The van der Waals surface area contributed by atoms with Crippen molar-refractivity contribution < 1.29 is 23.4 Å². The summed E-state index contributed by atoms with van der Waals surface area (Å²) in [5, 5.41) is 19.8. The molecular formula is C22H20ClF2N5O3. The number of amides is 1. The van der Waals surface area contributed by atoms with Crippen molar-refractivity contribution in [2.24, 2.45) is 0 Å². The fourth-order valence-electron chi connectivity index (χ4n) is 3.61. The smallest absolute Gasteiger partial charge is 0.420 e. The van der Waals surface area contributed by atoms with Crippen LogP contribution in [0.3, 0.4) is 0 Å². The summed E-state index contributed by atoms with van der Waals surface area (Å²) < 4.78 is 31.7. The number of imidazole rings is 1. The van der Waals surface area contributed by atoms with Crippen LogP contribution in [0.5, 0.6) is 5.75 Å². The number of ether oxygens (including phenoxy) is 1. The topological polar surface area (TPSA) is 105 Å². The zero-order chi connectivity index (χ0) is 23.8. The highest BCUT2D eigenvalue weighted by atomic mass is 35.5. The number of H-pyrrole nitrogens is 1. The number of aliphatic hydroxyl groups is 1. The van der Waals surface area contributed by atoms with Gasteiger partial charge in [0, 0.05) is 41.2 Å². The van der Waals surface area contributed by atoms with Crippen molar-refractivity contribution in [3.8, 4) is 17.0 Å². The summed E-state index contributed by atoms with van der Waals surface area (Å²) in [5.74, 6) is -0.0946. The Bertz CT molecular complexity index is 1280. The Morgan fingerprint density at radius 1 is 1.30 bits per heavy atom. The molecule has 4 aromatic rings. The van der Waals surface area contributed by atoms with Crippen molar-refractivity contribution in [3.05, 3.63) is 60.0 Å². The number of carbonyl (C=O) groups excluding carboxylic acids is 1. The minimum Gasteiger partial charge on any atom is -0.420 e. The molecule has 0 saturated carbocycles. The number of benzene rings is 2. The van der Waals surface area contributed by atoms with Crippen LogP contribution in [-0.4, -0.2) is 36.3 Å². The summed E-state index contributed by atoms with van der Waals surface area (Å²) in [6, 6.07) is 10.5. The molecule has 0 bridgehead atoms. The minimum atomic E-state index is -3.82. The lowest BCUT2D eigenvalue weighted by atomic mass is 10.0. The third kappa shape index (κ3) is 4.81. The molecule has 0 saturated heterocycles. The second-order valence-corrected chi connectivity index (χ2v) is 7.72. The number of nitrogens with one attached hydrogen (secondary N) is 2. The SMILES string of the molecule is CCn1c([C@H](C)O)nc2cc(C(=O)Nc3ccc(OC(F)(F)Cl)cc3)cc(-c3ccn[nH]3)c21. The van der Waals surface area contributed by atoms with Gasteiger partial charge in [-0.3, -0.25) is 9.89 Å². The molecule has 4 rings (SSSR count). The molecule has 0 radical (unpaired) electrons. The van der Waals surface area contributed by atoms with Crippen LogP contribution in [0.1, 0.15) is 36.1 Å². The Morgan fingerprint density at radius 3 is 2.61 bits per heavy atom. The predicted octanol–water partition coefficient (Wildman–Crippen LogP) is 4.92. The van der Waals surface area contributed by atoms with Gasteiger partial charge in [0.2, 0.25) is 0 Å². The standard InChI is InChI=1S/C22H20ClF2N5O3/c1-3-30-19-16(17-8-9-26-29-17)10-13(11-18(19)28-20(30)12(2)31)21(32)27-14-4-6-15(7-5-14)33-22(23,24)25/h4-12,31H,3H2,1-2H3,(H,26,29)(H,27,32)/t12-/m0/s1. The average molecular weight is 476 g/mol. The van der Waals surface area contributed by atoms with Gasteiger partial charge in [0.15, 0.2) is 0 Å². The zero-order valence-electron chi connectivity index (χ0n) is 17.6. The van der Waals surface area contributed by atoms with Gasteiger partial charge >= 0.3 is 5.57 Å². The van der Waals surface area contributed by atoms with Crippen molar-refractivity contribution >= 4 is 34.2 Å². The first-order valence-electron chi connectivity index (χ1n) is 10.1. The van der Waals surface area contributed by atoms with Crippen LogP contribution < -0.4 is 10.1 Å². The monoisotopic (exact) mass is 475 g/mol. The molecule has 2 aromatic carbocycles. The quantitative estimate of drug-likeness (QED) is 0.329. The molecule has 11 heteroatoms. The number of fused-ring (bicyclic) bond motifs is 1. The largest absolute Gasteiger partial charge is 0.487 e. The molecule has 33 heavy (non-hydrogen) atoms. The van der Waals surface area contributed by atoms with Gasteiger partial charge < -0.3 is 19.7 Å². The number of aliphatic hydroxyl groups excluding tert-OH is 1. The van der Waals surface area contributed by atoms with E-state index in [2.05, 4.69) is 25.2 Å². The van der Waals surface area contributed by atoms with Crippen molar-refractivity contribution in [2.75, 3.05) is 5.32 Å². The van der Waals surface area contributed by atoms with Crippen molar-refractivity contribution in [2.45, 2.75) is 32.1 Å². The third-order valence-corrected chi connectivity index (χ3v) is 5.04. The summed E-state index contributed by atoms with van der Waals surface area (Å²) in [7, 11) is 0. The Labute approximate surface area is 192 Å². The summed E-state index contributed by atoms with van der Waals surface area (Å²) in [4.78, 5) is 17.5. The summed E-state index contributed by atoms with van der Waals surface area (Å²) in [6.07, 6.45) is 0.801. The molecular weight excluding hydrogens is 456 g/mol. The average Bonchev–Trinajstić information content (AvgIpc) is 3.41. The lowest BCUT2D eigenvalue weighted by Crippen LogP contribution is -2.16. The Morgan fingerprint density at radius 2 is 2.03 bits per heavy atom. The number of hydrogen-bond donors (Lipinski definition) is 3. The molecule has 2 heterocycles. The van der Waals surface area contributed by atoms with E-state index in [9.17, 15) is 18.7 Å². The van der Waals surface area contributed by atoms with Gasteiger partial charge in [0.1, 0.15) is 17.7 Å². The van der Waals surface area contributed by atoms with E-state index in [4.69, 9.17) is 11.6 Å². The lowest BCUT2D eigenvalue weighted by molar-refractivity contribution is -0.0964. The lowest BCUT2D eigenvalue weighted by Gasteiger charge is -2.12. The molecule has 2 aromatic heterocycles. The van der Waals surface area contributed by atoms with E-state index in [1.807, 2.05) is 11.5 Å². The van der Waals surface area contributed by atoms with Crippen LogP contribution in [0, 0.1) is 0 Å². The van der Waals surface area contributed by atoms with Crippen molar-refractivity contribution in [1.29, 1.82) is 0 Å². The van der Waals surface area contributed by atoms with Crippen LogP contribution in [0.15, 0.2) is 48.7 Å². The first-order valence-corrected chi connectivity index (χ1v) is 10.4. The van der Waals surface area contributed by atoms with Gasteiger partial charge in [0.05, 0.1) is 16.7 Å². The molecule has 172 valence electrons. The molecule has 0 aliphatic rings. The molecule has 3 N–H and O–H groups in total. The fourth-order valence-corrected chi connectivity index (χ4v) is 3.70. The predicted molar refractivity (Wildman–Crippen MR) is 119 cm³/mol. The molecule has 0 fully saturated rings. The first-order chi connectivity index (χ1) is 15.7. The maximum absolute atomic E-state index is 13.0. The van der Waals surface area contributed by atoms with Gasteiger partial charge in [0.25, 0.3) is 5.91 Å². The summed E-state index contributed by atoms with van der Waals surface area (Å²) >= 11 is 4.76. The van der Waals surface area contributed by atoms with Gasteiger partial charge in [-0.1, -0.05) is 0 Å². The number of rotatable bonds is 7. The highest BCUT2D eigenvalue weighted by Gasteiger charge is 2.27. The number of alkyl halides is 3. The van der Waals surface area contributed by atoms with Gasteiger partial charge in [-0.25, -0.2) is 4.98 Å². The van der Waals surface area contributed by atoms with E-state index in [1.54, 1.807) is 31.3 Å². The van der Waals surface area contributed by atoms with Crippen LogP contribution in [0.25, 0.3) is 22.3 Å². The molecule has 0 spiro atoms. The fraction of sp³-hybridized carbons (Fsp3) is 0.227. The van der Waals surface area contributed by atoms with Crippen molar-refractivity contribution in [3.63, 3.8) is 0 Å². The molecule has 0 unspecified atom stereocenters. The number of hydrogen-bond acceptors (Lipinski definition) is 5. The second kappa shape index (κ2) is 8.80. The number of halogens is 3. The Kier molecular flexibility index (Phi) is 6.05. The van der Waals surface area contributed by atoms with Gasteiger partial charge in [-0.2, -0.15) is 5.10 Å². The van der Waals surface area contributed by atoms with E-state index in [-0.39, 0.29) is 5.75 Å². The van der Waals surface area contributed by atoms with Crippen LogP contribution in [-0.2, 0) is 6.54 Å². The zero-order valence-corrected chi connectivity index (χ0v) is 18.4. The van der Waals surface area contributed by atoms with E-state index in [0.29, 0.717) is 40.4 Å². The number of aromatic amines is 1. The van der Waals surface area contributed by atoms with Crippen LogP contribution in [0.2, 0.25) is 0 Å². The molecule has 0 aliphatic carbocycles. The van der Waals surface area contributed by atoms with Gasteiger partial charge in [-0.05, 0) is 56.3 Å². The third-order valence-electron chi connectivity index (χ3n) is 4.96. The second-order valence-electron chi connectivity index (χ2n) is 7.28. The van der Waals surface area contributed by atoms with Crippen LogP contribution in [0.4, 0.5) is 14.5 Å². The van der Waals surface area contributed by atoms with E-state index in [0.717, 1.165) is 5.52 Å². The Balaban J connectivity index is 1.71. The van der Waals surface area contributed by atoms with Crippen molar-refractivity contribution in [1.82, 2.24) is 19.7 Å². The summed E-state index contributed by atoms with van der Waals surface area (Å²) in [5.41, 5.74) is -0.448. The maximum atomic E-state index is 13.0. The van der Waals surface area contributed by atoms with E-state index >= 15 is 0 Å². The highest BCUT2D eigenvalue weighted by molar-refractivity contribution is 6.20. The number of aryl methyl sites for hydroxylation is 1. The maximum Gasteiger partial charge on any atom is 0.487 e. The molecule has 0 aliphatic heterocycles. The number of nitrogens with zero attached hydrogens (tertiary/aromatic N) is 3. The first kappa shape index (κ1) is 22.7. The Hall–Kier alpha value is -3.50. The number of anilines is 1. The minimum absolute atomic E-state index is 0.147. The summed E-state index contributed by atoms with van der Waals surface area (Å²) in [6.45, 7) is 4.14. The van der Waals surface area contributed by atoms with Crippen LogP contribution >= 0.6 is 11.6 Å². The van der Waals surface area contributed by atoms with E-state index in [1.165, 1.54) is 24.3 Å². The molecule has 1 amide bonds.